The first-order chi connectivity index (χ1) is 45.6. The standard InChI is InChI=1S/C60H96N14O19S2/c1-40-47(92-60(87)91-40)38-90-59(86)73(31-28-67-56(83)46(69-41(2)75)36-53(80)93-74-51(78)21-22-52(74)79)30-14-6-7-15-35-94-95-50-20-19-42(37-68-50)55(82)66-27-23-48(76)65-29-32-88-33-34-89-39-49(77)70-44(17-9-12-25-63-4)57(84)72-45(18-10-13-26-64-5)58(85)71-43(54(61)81)16-8-11-24-62-3/h19-20,37,43-46,62-64H,6-18,21-36,38-39H2,1-5H3,(H2,61,81)(H,65,76)(H,66,82)(H,67,83)(H,69,75)(H,70,77)(H,71,85)(H,72,84)/t43-,44-,45-,46-/m0/s1. The molecule has 12 N–H and O–H groups in total. The molecule has 33 nitrogen and oxygen atoms in total. The number of aromatic nitrogens is 1. The van der Waals surface area contributed by atoms with Crippen LogP contribution in [0.1, 0.15) is 138 Å². The summed E-state index contributed by atoms with van der Waals surface area (Å²) in [5.41, 5.74) is 5.93. The van der Waals surface area contributed by atoms with Gasteiger partial charge in [-0.2, -0.15) is 0 Å². The number of pyridine rings is 1. The van der Waals surface area contributed by atoms with Crippen LogP contribution in [0.5, 0.6) is 0 Å². The molecule has 0 radical (unpaired) electrons. The Balaban J connectivity index is 1.32. The van der Waals surface area contributed by atoms with Gasteiger partial charge in [0.05, 0.1) is 31.8 Å². The predicted molar refractivity (Wildman–Crippen MR) is 347 cm³/mol. The zero-order valence-electron chi connectivity index (χ0n) is 55.0. The Hall–Kier alpha value is -7.70. The fraction of sp³-hybridized carbons (Fsp3) is 0.667. The molecule has 0 aliphatic carbocycles. The summed E-state index contributed by atoms with van der Waals surface area (Å²) in [5.74, 6) is -7.02. The summed E-state index contributed by atoms with van der Waals surface area (Å²) >= 11 is 0. The fourth-order valence-corrected chi connectivity index (χ4v) is 11.0. The normalized spacial score (nSPS) is 13.2. The topological polar surface area (TPSA) is 451 Å². The fourth-order valence-electron chi connectivity index (χ4n) is 9.04. The maximum atomic E-state index is 13.7. The van der Waals surface area contributed by atoms with E-state index < -0.39 is 108 Å². The van der Waals surface area contributed by atoms with Crippen LogP contribution in [0, 0.1) is 6.92 Å². The van der Waals surface area contributed by atoms with Crippen molar-refractivity contribution in [3.05, 3.63) is 46.0 Å². The second kappa shape index (κ2) is 48.1. The molecule has 2 aromatic rings. The van der Waals surface area contributed by atoms with Crippen LogP contribution in [0.15, 0.2) is 37.0 Å². The molecule has 532 valence electrons. The van der Waals surface area contributed by atoms with Crippen molar-refractivity contribution in [1.29, 1.82) is 0 Å². The van der Waals surface area contributed by atoms with Gasteiger partial charge in [-0.3, -0.25) is 47.9 Å². The molecular weight excluding hydrogens is 1280 g/mol. The Morgan fingerprint density at radius 1 is 0.642 bits per heavy atom. The van der Waals surface area contributed by atoms with E-state index in [0.29, 0.717) is 80.1 Å². The highest BCUT2D eigenvalue weighted by Gasteiger charge is 2.35. The first kappa shape index (κ1) is 81.5. The van der Waals surface area contributed by atoms with Crippen LogP contribution in [0.2, 0.25) is 0 Å². The second-order valence-corrected chi connectivity index (χ2v) is 24.4. The number of hydrogen-bond donors (Lipinski definition) is 11. The van der Waals surface area contributed by atoms with E-state index in [0.717, 1.165) is 51.3 Å². The summed E-state index contributed by atoms with van der Waals surface area (Å²) in [6, 6.07) is -0.919. The number of imide groups is 1. The van der Waals surface area contributed by atoms with Gasteiger partial charge in [-0.1, -0.05) is 23.6 Å². The van der Waals surface area contributed by atoms with Crippen LogP contribution in [-0.4, -0.2) is 216 Å². The maximum Gasteiger partial charge on any atom is 0.519 e. The minimum absolute atomic E-state index is 0.00970. The van der Waals surface area contributed by atoms with Gasteiger partial charge in [0.2, 0.25) is 41.4 Å². The Morgan fingerprint density at radius 2 is 1.26 bits per heavy atom. The molecule has 1 aliphatic rings. The molecule has 0 spiro atoms. The Labute approximate surface area is 560 Å². The number of carbonyl (C=O) groups excluding carboxylic acids is 12. The third kappa shape index (κ3) is 35.0. The van der Waals surface area contributed by atoms with Crippen LogP contribution in [-0.2, 0) is 73.6 Å². The molecule has 3 rings (SSSR count). The van der Waals surface area contributed by atoms with E-state index >= 15 is 0 Å². The molecule has 0 unspecified atom stereocenters. The number of primary amides is 1. The molecule has 3 heterocycles. The highest BCUT2D eigenvalue weighted by Crippen LogP contribution is 2.30. The molecule has 0 saturated carbocycles. The third-order valence-electron chi connectivity index (χ3n) is 14.2. The van der Waals surface area contributed by atoms with Gasteiger partial charge in [0.25, 0.3) is 17.7 Å². The van der Waals surface area contributed by atoms with Gasteiger partial charge in [-0.05, 0) is 141 Å². The number of hydroxylamine groups is 2. The number of nitrogens with zero attached hydrogens (tertiary/aromatic N) is 3. The molecule has 11 amide bonds. The number of amides is 11. The highest BCUT2D eigenvalue weighted by atomic mass is 33.1. The monoisotopic (exact) mass is 1380 g/mol. The number of nitrogens with one attached hydrogen (secondary N) is 10. The van der Waals surface area contributed by atoms with E-state index in [1.165, 1.54) is 28.8 Å². The van der Waals surface area contributed by atoms with Crippen LogP contribution in [0.25, 0.3) is 0 Å². The summed E-state index contributed by atoms with van der Waals surface area (Å²) in [6.45, 7) is 4.56. The first-order valence-corrected chi connectivity index (χ1v) is 34.2. The second-order valence-electron chi connectivity index (χ2n) is 21.9. The molecule has 1 aliphatic heterocycles. The van der Waals surface area contributed by atoms with Crippen LogP contribution in [0.3, 0.4) is 0 Å². The van der Waals surface area contributed by atoms with E-state index in [1.54, 1.807) is 22.9 Å². The van der Waals surface area contributed by atoms with Gasteiger partial charge in [-0.15, -0.1) is 5.06 Å². The number of aryl methyl sites for hydroxylation is 1. The number of rotatable bonds is 52. The molecule has 2 aromatic heterocycles. The molecule has 1 fully saturated rings. The van der Waals surface area contributed by atoms with Crippen molar-refractivity contribution in [1.82, 2.24) is 68.1 Å². The Kier molecular flexibility index (Phi) is 41.3. The largest absolute Gasteiger partial charge is 0.519 e. The average molecular weight is 1380 g/mol. The lowest BCUT2D eigenvalue weighted by Gasteiger charge is -2.25. The number of carbonyl (C=O) groups is 12. The number of nitrogens with two attached hydrogens (primary N) is 1. The van der Waals surface area contributed by atoms with E-state index in [9.17, 15) is 62.3 Å². The lowest BCUT2D eigenvalue weighted by atomic mass is 10.0. The van der Waals surface area contributed by atoms with Gasteiger partial charge in [0.1, 0.15) is 35.8 Å². The van der Waals surface area contributed by atoms with Gasteiger partial charge in [0.15, 0.2) is 18.1 Å². The zero-order valence-corrected chi connectivity index (χ0v) is 56.6. The summed E-state index contributed by atoms with van der Waals surface area (Å²) in [5, 5.41) is 28.8. The number of hydrogen-bond acceptors (Lipinski definition) is 25. The minimum atomic E-state index is -1.43. The van der Waals surface area contributed by atoms with Crippen molar-refractivity contribution in [2.45, 2.75) is 159 Å². The van der Waals surface area contributed by atoms with Gasteiger partial charge in [0, 0.05) is 70.9 Å². The van der Waals surface area contributed by atoms with Crippen LogP contribution >= 0.6 is 21.6 Å². The lowest BCUT2D eigenvalue weighted by molar-refractivity contribution is -0.197. The Morgan fingerprint density at radius 3 is 1.86 bits per heavy atom. The third-order valence-corrected chi connectivity index (χ3v) is 16.5. The van der Waals surface area contributed by atoms with Crippen LogP contribution in [0.4, 0.5) is 4.79 Å². The smallest absolute Gasteiger partial charge is 0.441 e. The quantitative estimate of drug-likeness (QED) is 0.0233. The molecule has 35 heteroatoms. The van der Waals surface area contributed by atoms with Crippen molar-refractivity contribution in [2.24, 2.45) is 5.73 Å². The first-order valence-electron chi connectivity index (χ1n) is 31.9. The van der Waals surface area contributed by atoms with Gasteiger partial charge >= 0.3 is 17.9 Å². The minimum Gasteiger partial charge on any atom is -0.441 e. The molecule has 95 heavy (non-hydrogen) atoms. The summed E-state index contributed by atoms with van der Waals surface area (Å²) < 4.78 is 26.2. The van der Waals surface area contributed by atoms with E-state index in [-0.39, 0.29) is 95.8 Å². The van der Waals surface area contributed by atoms with Crippen molar-refractivity contribution >= 4 is 92.7 Å². The number of ether oxygens (including phenoxy) is 3. The molecule has 4 atom stereocenters. The van der Waals surface area contributed by atoms with Crippen molar-refractivity contribution in [3.63, 3.8) is 0 Å². The van der Waals surface area contributed by atoms with Crippen molar-refractivity contribution in [3.8, 4) is 0 Å². The summed E-state index contributed by atoms with van der Waals surface area (Å²) in [6.07, 6.45) is 7.66. The van der Waals surface area contributed by atoms with E-state index in [2.05, 4.69) is 58.2 Å². The van der Waals surface area contributed by atoms with E-state index in [1.807, 2.05) is 21.1 Å². The molecule has 0 bridgehead atoms. The van der Waals surface area contributed by atoms with Crippen molar-refractivity contribution < 1.29 is 85.4 Å². The predicted octanol–water partition coefficient (Wildman–Crippen LogP) is -0.128. The Bertz CT molecular complexity index is 2800. The summed E-state index contributed by atoms with van der Waals surface area (Å²) in [4.78, 5) is 174. The molecule has 1 saturated heterocycles. The van der Waals surface area contributed by atoms with Crippen molar-refractivity contribution in [2.75, 3.05) is 106 Å². The maximum absolute atomic E-state index is 13.7. The highest BCUT2D eigenvalue weighted by molar-refractivity contribution is 8.76. The van der Waals surface area contributed by atoms with Gasteiger partial charge in [-0.25, -0.2) is 19.4 Å². The average Bonchev–Trinajstić information content (AvgIpc) is 1.99. The lowest BCUT2D eigenvalue weighted by Crippen LogP contribution is -2.56. The number of unbranched alkanes of at least 4 members (excludes halogenated alkanes) is 6. The van der Waals surface area contributed by atoms with E-state index in [4.69, 9.17) is 33.6 Å². The van der Waals surface area contributed by atoms with Crippen LogP contribution < -0.4 is 64.7 Å². The molecular formula is C60H96N14O19S2. The summed E-state index contributed by atoms with van der Waals surface area (Å²) in [7, 11) is 8.46. The van der Waals surface area contributed by atoms with Gasteiger partial charge < -0.3 is 91.7 Å². The zero-order chi connectivity index (χ0) is 69.8. The molecule has 0 aromatic carbocycles. The SMILES string of the molecule is CNCCCC[C@H](NC(=O)[C@H](CCCCNC)NC(=O)[C@H](CCCCNC)NC(=O)COCCOCCNC(=O)CCNC(=O)c1ccc(SSCCCCCCN(CCNC(=O)[C@H](CC(=O)ON2C(=O)CCC2=O)NC(C)=O)C(=O)OCc2oc(=O)oc2C)nc1)C(N)=O.